The highest BCUT2D eigenvalue weighted by Gasteiger charge is 1.64. The number of nitroso groups, excluding NO2 is 1. The summed E-state index contributed by atoms with van der Waals surface area (Å²) in [5, 5.41) is 2.59. The summed E-state index contributed by atoms with van der Waals surface area (Å²) < 4.78 is 0. The van der Waals surface area contributed by atoms with Crippen LogP contribution in [0.4, 0.5) is 0 Å². The molecule has 7 heavy (non-hydrogen) atoms. The predicted octanol–water partition coefficient (Wildman–Crippen LogP) is 1.49. The molecule has 0 saturated carbocycles. The van der Waals surface area contributed by atoms with Gasteiger partial charge in [0.2, 0.25) is 0 Å². The van der Waals surface area contributed by atoms with Gasteiger partial charge in [-0.25, -0.2) is 0 Å². The zero-order valence-electron chi connectivity index (χ0n) is 4.00. The fourth-order valence-corrected chi connectivity index (χ4v) is 0.200. The van der Waals surface area contributed by atoms with E-state index in [1.165, 1.54) is 0 Å². The molecule has 0 saturated heterocycles. The van der Waals surface area contributed by atoms with Crippen LogP contribution in [0.1, 0.15) is 0 Å². The van der Waals surface area contributed by atoms with Gasteiger partial charge in [-0.3, -0.25) is 0 Å². The van der Waals surface area contributed by atoms with Crippen molar-refractivity contribution in [3.63, 3.8) is 0 Å². The van der Waals surface area contributed by atoms with Gasteiger partial charge in [0.25, 0.3) is 0 Å². The first-order valence-corrected chi connectivity index (χ1v) is 1.98. The molecule has 0 aliphatic rings. The Kier molecular flexibility index (Phi) is 4.41. The minimum absolute atomic E-state index is 0.242. The SMILES string of the molecule is C=C/C=C/CN=O. The van der Waals surface area contributed by atoms with Crippen LogP contribution in [0.3, 0.4) is 0 Å². The lowest BCUT2D eigenvalue weighted by Crippen LogP contribution is -1.62. The van der Waals surface area contributed by atoms with E-state index in [9.17, 15) is 4.91 Å². The van der Waals surface area contributed by atoms with Crippen LogP contribution in [0.5, 0.6) is 0 Å². The first-order valence-electron chi connectivity index (χ1n) is 1.98. The van der Waals surface area contributed by atoms with E-state index in [1.54, 1.807) is 18.2 Å². The number of hydrogen-bond acceptors (Lipinski definition) is 2. The van der Waals surface area contributed by atoms with Crippen LogP contribution in [0.25, 0.3) is 0 Å². The van der Waals surface area contributed by atoms with Crippen LogP contribution in [0.15, 0.2) is 30.0 Å². The molecule has 0 aromatic rings. The second-order valence-corrected chi connectivity index (χ2v) is 0.976. The number of nitrogens with zero attached hydrogens (tertiary/aromatic N) is 1. The van der Waals surface area contributed by atoms with Gasteiger partial charge < -0.3 is 0 Å². The van der Waals surface area contributed by atoms with Crippen LogP contribution < -0.4 is 0 Å². The van der Waals surface area contributed by atoms with Crippen molar-refractivity contribution in [3.05, 3.63) is 29.7 Å². The molecular weight excluding hydrogens is 90.1 g/mol. The summed E-state index contributed by atoms with van der Waals surface area (Å²) in [7, 11) is 0. The highest BCUT2D eigenvalue weighted by atomic mass is 16.3. The van der Waals surface area contributed by atoms with Crippen molar-refractivity contribution in [2.75, 3.05) is 6.54 Å². The largest absolute Gasteiger partial charge is 0.150 e. The third-order valence-electron chi connectivity index (χ3n) is 0.452. The van der Waals surface area contributed by atoms with Crippen molar-refractivity contribution in [3.8, 4) is 0 Å². The Morgan fingerprint density at radius 2 is 2.43 bits per heavy atom. The molecule has 0 radical (unpaired) electrons. The zero-order valence-corrected chi connectivity index (χ0v) is 4.00. The molecule has 0 bridgehead atoms. The summed E-state index contributed by atoms with van der Waals surface area (Å²) in [6.07, 6.45) is 4.92. The van der Waals surface area contributed by atoms with Crippen LogP contribution >= 0.6 is 0 Å². The maximum Gasteiger partial charge on any atom is 0.0995 e. The Labute approximate surface area is 42.5 Å². The molecule has 0 fully saturated rings. The van der Waals surface area contributed by atoms with E-state index in [-0.39, 0.29) is 6.54 Å². The van der Waals surface area contributed by atoms with Crippen molar-refractivity contribution in [2.45, 2.75) is 0 Å². The van der Waals surface area contributed by atoms with E-state index in [4.69, 9.17) is 0 Å². The van der Waals surface area contributed by atoms with Gasteiger partial charge in [0, 0.05) is 0 Å². The van der Waals surface area contributed by atoms with E-state index in [1.807, 2.05) is 0 Å². The monoisotopic (exact) mass is 97.1 g/mol. The van der Waals surface area contributed by atoms with Crippen LogP contribution in [0.2, 0.25) is 0 Å². The quantitative estimate of drug-likeness (QED) is 0.387. The maximum absolute atomic E-state index is 9.34. The van der Waals surface area contributed by atoms with Crippen molar-refractivity contribution >= 4 is 0 Å². The van der Waals surface area contributed by atoms with E-state index in [2.05, 4.69) is 11.8 Å². The smallest absolute Gasteiger partial charge is 0.0995 e. The summed E-state index contributed by atoms with van der Waals surface area (Å²) in [5.41, 5.74) is 0. The normalized spacial score (nSPS) is 9.14. The van der Waals surface area contributed by atoms with Crippen molar-refractivity contribution < 1.29 is 0 Å². The number of rotatable bonds is 3. The van der Waals surface area contributed by atoms with Gasteiger partial charge in [-0.05, 0) is 0 Å². The molecule has 0 N–H and O–H groups in total. The van der Waals surface area contributed by atoms with Gasteiger partial charge in [0.1, 0.15) is 0 Å². The van der Waals surface area contributed by atoms with Crippen LogP contribution in [-0.4, -0.2) is 6.54 Å². The number of allylic oxidation sites excluding steroid dienone is 2. The molecule has 0 aliphatic heterocycles. The summed E-state index contributed by atoms with van der Waals surface area (Å²) in [6, 6.07) is 0. The maximum atomic E-state index is 9.34. The molecule has 0 unspecified atom stereocenters. The van der Waals surface area contributed by atoms with Gasteiger partial charge in [0.15, 0.2) is 0 Å². The van der Waals surface area contributed by atoms with Gasteiger partial charge in [-0.15, -0.1) is 0 Å². The summed E-state index contributed by atoms with van der Waals surface area (Å²) in [5.74, 6) is 0. The first-order chi connectivity index (χ1) is 3.41. The molecule has 0 atom stereocenters. The predicted molar refractivity (Wildman–Crippen MR) is 30.0 cm³/mol. The molecule has 0 spiro atoms. The van der Waals surface area contributed by atoms with Crippen molar-refractivity contribution in [2.24, 2.45) is 5.18 Å². The zero-order chi connectivity index (χ0) is 5.54. The molecule has 0 aromatic carbocycles. The molecule has 2 nitrogen and oxygen atoms in total. The van der Waals surface area contributed by atoms with E-state index in [0.29, 0.717) is 0 Å². The van der Waals surface area contributed by atoms with Crippen molar-refractivity contribution in [1.82, 2.24) is 0 Å². The molecule has 0 amide bonds. The first kappa shape index (κ1) is 6.08. The van der Waals surface area contributed by atoms with E-state index < -0.39 is 0 Å². The lowest BCUT2D eigenvalue weighted by molar-refractivity contribution is 1.23. The summed E-state index contributed by atoms with van der Waals surface area (Å²) >= 11 is 0. The summed E-state index contributed by atoms with van der Waals surface area (Å²) in [6.45, 7) is 3.64. The van der Waals surface area contributed by atoms with Gasteiger partial charge >= 0.3 is 0 Å². The Morgan fingerprint density at radius 1 is 1.71 bits per heavy atom. The van der Waals surface area contributed by atoms with Crippen molar-refractivity contribution in [1.29, 1.82) is 0 Å². The summed E-state index contributed by atoms with van der Waals surface area (Å²) in [4.78, 5) is 9.34. The van der Waals surface area contributed by atoms with Gasteiger partial charge in [0.05, 0.1) is 6.54 Å². The highest BCUT2D eigenvalue weighted by molar-refractivity contribution is 4.97. The second kappa shape index (κ2) is 5.08. The lowest BCUT2D eigenvalue weighted by Gasteiger charge is -1.67. The van der Waals surface area contributed by atoms with E-state index in [0.717, 1.165) is 0 Å². The molecule has 2 heteroatoms. The average molecular weight is 97.1 g/mol. The topological polar surface area (TPSA) is 29.4 Å². The Bertz CT molecular complexity index is 86.1. The minimum atomic E-state index is 0.242. The molecule has 0 aromatic heterocycles. The Balaban J connectivity index is 3.08. The molecular formula is C5H7NO. The Hall–Kier alpha value is -0.920. The Morgan fingerprint density at radius 3 is 2.86 bits per heavy atom. The van der Waals surface area contributed by atoms with Crippen LogP contribution in [0, 0.1) is 4.91 Å². The molecule has 0 heterocycles. The molecule has 38 valence electrons. The second-order valence-electron chi connectivity index (χ2n) is 0.976. The fraction of sp³-hybridized carbons (Fsp3) is 0.200. The fourth-order valence-electron chi connectivity index (χ4n) is 0.200. The molecule has 0 rings (SSSR count). The third kappa shape index (κ3) is 5.08. The minimum Gasteiger partial charge on any atom is -0.150 e. The number of hydrogen-bond donors (Lipinski definition) is 0. The standard InChI is InChI=1S/C5H7NO/c1-2-3-4-5-6-7/h2-4H,1,5H2/b4-3+. The van der Waals surface area contributed by atoms with E-state index >= 15 is 0 Å². The van der Waals surface area contributed by atoms with Gasteiger partial charge in [-0.2, -0.15) is 4.91 Å². The average Bonchev–Trinajstić information content (AvgIpc) is 1.69. The van der Waals surface area contributed by atoms with Crippen LogP contribution in [-0.2, 0) is 0 Å². The third-order valence-corrected chi connectivity index (χ3v) is 0.452. The molecule has 0 aliphatic carbocycles. The van der Waals surface area contributed by atoms with Gasteiger partial charge in [-0.1, -0.05) is 30.0 Å². The highest BCUT2D eigenvalue weighted by Crippen LogP contribution is 1.72. The lowest BCUT2D eigenvalue weighted by atomic mass is 10.5.